The Morgan fingerprint density at radius 2 is 2.35 bits per heavy atom. The van der Waals surface area contributed by atoms with Gasteiger partial charge in [-0.15, -0.1) is 0 Å². The van der Waals surface area contributed by atoms with Crippen LogP contribution in [0.1, 0.15) is 18.4 Å². The normalized spacial score (nSPS) is 19.8. The average molecular weight is 277 g/mol. The van der Waals surface area contributed by atoms with Crippen LogP contribution in [0.3, 0.4) is 0 Å². The van der Waals surface area contributed by atoms with Crippen molar-refractivity contribution in [2.24, 2.45) is 0 Å². The van der Waals surface area contributed by atoms with Crippen molar-refractivity contribution in [2.75, 3.05) is 37.8 Å². The van der Waals surface area contributed by atoms with Crippen molar-refractivity contribution in [3.8, 4) is 0 Å². The van der Waals surface area contributed by atoms with Crippen LogP contribution in [-0.2, 0) is 9.53 Å². The Morgan fingerprint density at radius 3 is 3.05 bits per heavy atom. The van der Waals surface area contributed by atoms with Crippen LogP contribution < -0.4 is 11.1 Å². The van der Waals surface area contributed by atoms with Gasteiger partial charge in [-0.3, -0.25) is 9.69 Å². The van der Waals surface area contributed by atoms with Crippen molar-refractivity contribution < 1.29 is 9.53 Å². The number of anilines is 2. The van der Waals surface area contributed by atoms with Crippen molar-refractivity contribution in [3.05, 3.63) is 23.8 Å². The van der Waals surface area contributed by atoms with Gasteiger partial charge in [0.15, 0.2) is 0 Å². The SMILES string of the molecule is COC1CCCN(CC(=O)Nc2ccc(N)cc2C)C1. The predicted octanol–water partition coefficient (Wildman–Crippen LogP) is 1.63. The molecule has 1 aromatic carbocycles. The Labute approximate surface area is 120 Å². The minimum Gasteiger partial charge on any atom is -0.399 e. The zero-order valence-corrected chi connectivity index (χ0v) is 12.2. The highest BCUT2D eigenvalue weighted by atomic mass is 16.5. The zero-order chi connectivity index (χ0) is 14.5. The summed E-state index contributed by atoms with van der Waals surface area (Å²) >= 11 is 0. The van der Waals surface area contributed by atoms with Crippen molar-refractivity contribution in [2.45, 2.75) is 25.9 Å². The van der Waals surface area contributed by atoms with Crippen molar-refractivity contribution >= 4 is 17.3 Å². The summed E-state index contributed by atoms with van der Waals surface area (Å²) in [6.07, 6.45) is 2.40. The van der Waals surface area contributed by atoms with Gasteiger partial charge in [0.2, 0.25) is 5.91 Å². The molecule has 0 aliphatic carbocycles. The van der Waals surface area contributed by atoms with E-state index in [1.165, 1.54) is 0 Å². The number of nitrogens with one attached hydrogen (secondary N) is 1. The Balaban J connectivity index is 1.88. The van der Waals surface area contributed by atoms with E-state index >= 15 is 0 Å². The molecule has 1 aliphatic rings. The molecule has 1 heterocycles. The Morgan fingerprint density at radius 1 is 1.55 bits per heavy atom. The number of ether oxygens (including phenoxy) is 1. The molecule has 3 N–H and O–H groups in total. The maximum Gasteiger partial charge on any atom is 0.238 e. The van der Waals surface area contributed by atoms with Crippen molar-refractivity contribution in [1.29, 1.82) is 0 Å². The van der Waals surface area contributed by atoms with Crippen LogP contribution in [0.15, 0.2) is 18.2 Å². The fourth-order valence-corrected chi connectivity index (χ4v) is 2.57. The number of aryl methyl sites for hydroxylation is 1. The summed E-state index contributed by atoms with van der Waals surface area (Å²) in [6.45, 7) is 4.12. The van der Waals surface area contributed by atoms with E-state index in [9.17, 15) is 4.79 Å². The maximum atomic E-state index is 12.1. The van der Waals surface area contributed by atoms with Gasteiger partial charge in [0.1, 0.15) is 0 Å². The van der Waals surface area contributed by atoms with Crippen LogP contribution >= 0.6 is 0 Å². The number of rotatable bonds is 4. The van der Waals surface area contributed by atoms with Gasteiger partial charge in [0.25, 0.3) is 0 Å². The molecule has 1 fully saturated rings. The van der Waals surface area contributed by atoms with Crippen molar-refractivity contribution in [3.63, 3.8) is 0 Å². The number of benzene rings is 1. The van der Waals surface area contributed by atoms with Gasteiger partial charge in [-0.1, -0.05) is 0 Å². The molecule has 0 radical (unpaired) electrons. The van der Waals surface area contributed by atoms with Gasteiger partial charge in [-0.25, -0.2) is 0 Å². The quantitative estimate of drug-likeness (QED) is 0.821. The third kappa shape index (κ3) is 3.95. The van der Waals surface area contributed by atoms with Crippen LogP contribution in [0.25, 0.3) is 0 Å². The smallest absolute Gasteiger partial charge is 0.238 e. The monoisotopic (exact) mass is 277 g/mol. The lowest BCUT2D eigenvalue weighted by atomic mass is 10.1. The Kier molecular flexibility index (Phi) is 4.98. The third-order valence-electron chi connectivity index (χ3n) is 3.69. The molecule has 1 atom stereocenters. The summed E-state index contributed by atoms with van der Waals surface area (Å²) in [5.74, 6) is 0.00891. The molecule has 1 aliphatic heterocycles. The van der Waals surface area contributed by atoms with E-state index in [1.54, 1.807) is 13.2 Å². The lowest BCUT2D eigenvalue weighted by molar-refractivity contribution is -0.118. The summed E-state index contributed by atoms with van der Waals surface area (Å²) in [5, 5.41) is 2.94. The number of piperidine rings is 1. The van der Waals surface area contributed by atoms with Crippen molar-refractivity contribution in [1.82, 2.24) is 4.90 Å². The highest BCUT2D eigenvalue weighted by molar-refractivity contribution is 5.93. The van der Waals surface area contributed by atoms with Gasteiger partial charge >= 0.3 is 0 Å². The first kappa shape index (κ1) is 14.8. The van der Waals surface area contributed by atoms with Gasteiger partial charge in [-0.05, 0) is 50.1 Å². The lowest BCUT2D eigenvalue weighted by Gasteiger charge is -2.31. The van der Waals surface area contributed by atoms with E-state index in [2.05, 4.69) is 10.2 Å². The molecule has 1 saturated heterocycles. The second-order valence-electron chi connectivity index (χ2n) is 5.36. The molecular weight excluding hydrogens is 254 g/mol. The van der Waals surface area contributed by atoms with Gasteiger partial charge in [0.05, 0.1) is 12.6 Å². The van der Waals surface area contributed by atoms with Crippen LogP contribution in [0.2, 0.25) is 0 Å². The molecule has 110 valence electrons. The number of carbonyl (C=O) groups excluding carboxylic acids is 1. The molecule has 1 unspecified atom stereocenters. The first-order valence-electron chi connectivity index (χ1n) is 6.99. The number of carbonyl (C=O) groups is 1. The highest BCUT2D eigenvalue weighted by Gasteiger charge is 2.21. The summed E-state index contributed by atoms with van der Waals surface area (Å²) in [6, 6.07) is 5.50. The number of hydrogen-bond acceptors (Lipinski definition) is 4. The van der Waals surface area contributed by atoms with E-state index in [0.717, 1.165) is 37.2 Å². The lowest BCUT2D eigenvalue weighted by Crippen LogP contribution is -2.43. The van der Waals surface area contributed by atoms with Gasteiger partial charge < -0.3 is 15.8 Å². The highest BCUT2D eigenvalue weighted by Crippen LogP contribution is 2.18. The van der Waals surface area contributed by atoms with E-state index in [-0.39, 0.29) is 12.0 Å². The first-order chi connectivity index (χ1) is 9.58. The summed E-state index contributed by atoms with van der Waals surface area (Å²) in [7, 11) is 1.73. The van der Waals surface area contributed by atoms with E-state index in [4.69, 9.17) is 10.5 Å². The zero-order valence-electron chi connectivity index (χ0n) is 12.2. The summed E-state index contributed by atoms with van der Waals surface area (Å²) in [4.78, 5) is 14.2. The number of nitrogens with zero attached hydrogens (tertiary/aromatic N) is 1. The average Bonchev–Trinajstić information content (AvgIpc) is 2.42. The molecule has 20 heavy (non-hydrogen) atoms. The molecule has 0 aromatic heterocycles. The van der Waals surface area contributed by atoms with Crippen LogP contribution in [0.5, 0.6) is 0 Å². The standard InChI is InChI=1S/C15H23N3O2/c1-11-8-12(16)5-6-14(11)17-15(19)10-18-7-3-4-13(9-18)20-2/h5-6,8,13H,3-4,7,9-10,16H2,1-2H3,(H,17,19). The molecule has 1 amide bonds. The van der Waals surface area contributed by atoms with Gasteiger partial charge in [-0.2, -0.15) is 0 Å². The topological polar surface area (TPSA) is 67.6 Å². The second-order valence-corrected chi connectivity index (χ2v) is 5.36. The molecule has 1 aromatic rings. The minimum absolute atomic E-state index is 0.00891. The second kappa shape index (κ2) is 6.72. The number of nitrogen functional groups attached to an aromatic ring is 1. The minimum atomic E-state index is 0.00891. The Hall–Kier alpha value is -1.59. The van der Waals surface area contributed by atoms with Crippen LogP contribution in [0, 0.1) is 6.92 Å². The van der Waals surface area contributed by atoms with E-state index in [1.807, 2.05) is 19.1 Å². The van der Waals surface area contributed by atoms with Crippen LogP contribution in [-0.4, -0.2) is 43.7 Å². The van der Waals surface area contributed by atoms with E-state index in [0.29, 0.717) is 12.2 Å². The molecule has 5 nitrogen and oxygen atoms in total. The summed E-state index contributed by atoms with van der Waals surface area (Å²) < 4.78 is 5.37. The molecule has 5 heteroatoms. The van der Waals surface area contributed by atoms with Gasteiger partial charge in [0, 0.05) is 25.0 Å². The predicted molar refractivity (Wildman–Crippen MR) is 80.7 cm³/mol. The number of amides is 1. The number of methoxy groups -OCH3 is 1. The molecule has 0 bridgehead atoms. The first-order valence-corrected chi connectivity index (χ1v) is 6.99. The fraction of sp³-hybridized carbons (Fsp3) is 0.533. The Bertz CT molecular complexity index is 476. The van der Waals surface area contributed by atoms with Crippen LogP contribution in [0.4, 0.5) is 11.4 Å². The number of nitrogens with two attached hydrogens (primary N) is 1. The fourth-order valence-electron chi connectivity index (χ4n) is 2.57. The third-order valence-corrected chi connectivity index (χ3v) is 3.69. The molecular formula is C15H23N3O2. The number of hydrogen-bond donors (Lipinski definition) is 2. The van der Waals surface area contributed by atoms with E-state index < -0.39 is 0 Å². The maximum absolute atomic E-state index is 12.1. The molecule has 2 rings (SSSR count). The summed E-state index contributed by atoms with van der Waals surface area (Å²) in [5.41, 5.74) is 8.21. The largest absolute Gasteiger partial charge is 0.399 e. The number of likely N-dealkylation sites (tertiary alicyclic amines) is 1. The molecule has 0 saturated carbocycles. The molecule has 0 spiro atoms.